The summed E-state index contributed by atoms with van der Waals surface area (Å²) in [6.45, 7) is 4.19. The molecule has 0 atom stereocenters. The summed E-state index contributed by atoms with van der Waals surface area (Å²) in [6.07, 6.45) is 3.50. The van der Waals surface area contributed by atoms with Crippen LogP contribution in [0, 0.1) is 6.92 Å². The molecule has 38 heavy (non-hydrogen) atoms. The summed E-state index contributed by atoms with van der Waals surface area (Å²) >= 11 is 0. The van der Waals surface area contributed by atoms with Crippen molar-refractivity contribution in [2.45, 2.75) is 33.1 Å². The number of aryl methyl sites for hydroxylation is 2. The van der Waals surface area contributed by atoms with Gasteiger partial charge in [-0.2, -0.15) is 30.7 Å². The lowest BCUT2D eigenvalue weighted by molar-refractivity contribution is 0.795. The van der Waals surface area contributed by atoms with Crippen LogP contribution < -0.4 is 4.90 Å². The molecule has 4 aromatic carbocycles. The molecule has 4 rings (SSSR count). The molecule has 0 radical (unpaired) electrons. The number of unbranched alkanes of at least 4 members (excludes halogenated alkanes) is 1. The molecule has 0 spiro atoms. The Bertz CT molecular complexity index is 1400. The fourth-order valence-electron chi connectivity index (χ4n) is 3.67. The number of anilines is 1. The molecule has 0 saturated heterocycles. The van der Waals surface area contributed by atoms with E-state index in [1.54, 1.807) is 0 Å². The van der Waals surface area contributed by atoms with Gasteiger partial charge in [-0.1, -0.05) is 25.5 Å². The Morgan fingerprint density at radius 2 is 1.00 bits per heavy atom. The Kier molecular flexibility index (Phi) is 9.18. The fraction of sp³-hybridized carbons (Fsp3) is 0.226. The van der Waals surface area contributed by atoms with Crippen LogP contribution in [-0.2, 0) is 6.42 Å². The standard InChI is InChI=1S/C31H33N7/c1-5-6-7-24-8-10-25(11-9-24)32-33-26-12-14-27(15-13-26)35-37-31-21-18-29(22-23(31)2)36-34-28-16-19-30(20-17-28)38(3)4/h8-22H,5-7H2,1-4H3. The zero-order chi connectivity index (χ0) is 26.7. The molecule has 192 valence electrons. The van der Waals surface area contributed by atoms with E-state index >= 15 is 0 Å². The second-order valence-corrected chi connectivity index (χ2v) is 9.27. The van der Waals surface area contributed by atoms with Crippen molar-refractivity contribution in [1.82, 2.24) is 0 Å². The molecule has 0 heterocycles. The predicted molar refractivity (Wildman–Crippen MR) is 156 cm³/mol. The minimum atomic E-state index is 0.744. The van der Waals surface area contributed by atoms with Crippen LogP contribution in [-0.4, -0.2) is 14.1 Å². The molecule has 0 aliphatic carbocycles. The molecule has 7 nitrogen and oxygen atoms in total. The van der Waals surface area contributed by atoms with Crippen LogP contribution >= 0.6 is 0 Å². The van der Waals surface area contributed by atoms with Crippen LogP contribution in [0.2, 0.25) is 0 Å². The highest BCUT2D eigenvalue weighted by Gasteiger charge is 2.01. The maximum Gasteiger partial charge on any atom is 0.0887 e. The van der Waals surface area contributed by atoms with Crippen molar-refractivity contribution in [3.8, 4) is 0 Å². The molecule has 0 aromatic heterocycles. The first-order valence-corrected chi connectivity index (χ1v) is 12.8. The summed E-state index contributed by atoms with van der Waals surface area (Å²) in [5.41, 5.74) is 8.13. The van der Waals surface area contributed by atoms with Gasteiger partial charge in [0.1, 0.15) is 0 Å². The molecule has 0 aliphatic heterocycles. The first kappa shape index (κ1) is 26.5. The average molecular weight is 504 g/mol. The van der Waals surface area contributed by atoms with E-state index in [0.717, 1.165) is 51.8 Å². The van der Waals surface area contributed by atoms with Crippen molar-refractivity contribution in [2.24, 2.45) is 30.7 Å². The first-order valence-electron chi connectivity index (χ1n) is 12.8. The SMILES string of the molecule is CCCCc1ccc(N=Nc2ccc(N=Nc3ccc(N=Nc4ccc(N(C)C)cc4)cc3C)cc2)cc1. The van der Waals surface area contributed by atoms with E-state index < -0.39 is 0 Å². The molecular formula is C31H33N7. The third kappa shape index (κ3) is 7.74. The Morgan fingerprint density at radius 1 is 0.553 bits per heavy atom. The molecule has 0 aliphatic rings. The van der Waals surface area contributed by atoms with Crippen LogP contribution in [0.5, 0.6) is 0 Å². The first-order chi connectivity index (χ1) is 18.5. The monoisotopic (exact) mass is 503 g/mol. The Labute approximate surface area is 224 Å². The van der Waals surface area contributed by atoms with Gasteiger partial charge in [-0.3, -0.25) is 0 Å². The van der Waals surface area contributed by atoms with Crippen molar-refractivity contribution in [1.29, 1.82) is 0 Å². The average Bonchev–Trinajstić information content (AvgIpc) is 2.94. The number of nitrogens with zero attached hydrogens (tertiary/aromatic N) is 7. The molecule has 0 saturated carbocycles. The minimum Gasteiger partial charge on any atom is -0.378 e. The maximum absolute atomic E-state index is 4.41. The van der Waals surface area contributed by atoms with Crippen molar-refractivity contribution in [3.05, 3.63) is 102 Å². The number of hydrogen-bond acceptors (Lipinski definition) is 7. The Hall–Kier alpha value is -4.52. The second kappa shape index (κ2) is 13.1. The highest BCUT2D eigenvalue weighted by molar-refractivity contribution is 5.55. The molecule has 7 heteroatoms. The van der Waals surface area contributed by atoms with Crippen LogP contribution in [0.4, 0.5) is 39.8 Å². The molecule has 4 aromatic rings. The van der Waals surface area contributed by atoms with E-state index in [1.165, 1.54) is 18.4 Å². The van der Waals surface area contributed by atoms with Crippen molar-refractivity contribution in [2.75, 3.05) is 19.0 Å². The predicted octanol–water partition coefficient (Wildman–Crippen LogP) is 10.6. The number of azo groups is 3. The van der Waals surface area contributed by atoms with Crippen molar-refractivity contribution >= 4 is 39.8 Å². The highest BCUT2D eigenvalue weighted by Crippen LogP contribution is 2.29. The van der Waals surface area contributed by atoms with Crippen LogP contribution in [0.15, 0.2) is 122 Å². The lowest BCUT2D eigenvalue weighted by Gasteiger charge is -2.11. The van der Waals surface area contributed by atoms with Gasteiger partial charge in [-0.15, -0.1) is 0 Å². The van der Waals surface area contributed by atoms with Crippen LogP contribution in [0.1, 0.15) is 30.9 Å². The van der Waals surface area contributed by atoms with Gasteiger partial charge in [0.15, 0.2) is 0 Å². The third-order valence-electron chi connectivity index (χ3n) is 5.99. The van der Waals surface area contributed by atoms with E-state index in [0.29, 0.717) is 0 Å². The summed E-state index contributed by atoms with van der Waals surface area (Å²) in [4.78, 5) is 2.05. The van der Waals surface area contributed by atoms with E-state index in [4.69, 9.17) is 0 Å². The van der Waals surface area contributed by atoms with Gasteiger partial charge in [0.2, 0.25) is 0 Å². The molecule has 0 fully saturated rings. The van der Waals surface area contributed by atoms with E-state index in [9.17, 15) is 0 Å². The summed E-state index contributed by atoms with van der Waals surface area (Å²) in [5.74, 6) is 0. The van der Waals surface area contributed by atoms with Gasteiger partial charge in [0, 0.05) is 19.8 Å². The summed E-state index contributed by atoms with van der Waals surface area (Å²) < 4.78 is 0. The van der Waals surface area contributed by atoms with Crippen LogP contribution in [0.3, 0.4) is 0 Å². The number of hydrogen-bond donors (Lipinski definition) is 0. The smallest absolute Gasteiger partial charge is 0.0887 e. The van der Waals surface area contributed by atoms with Gasteiger partial charge < -0.3 is 4.90 Å². The lowest BCUT2D eigenvalue weighted by Crippen LogP contribution is -2.07. The third-order valence-corrected chi connectivity index (χ3v) is 5.99. The normalized spacial score (nSPS) is 11.7. The van der Waals surface area contributed by atoms with Gasteiger partial charge in [-0.05, 0) is 110 Å². The van der Waals surface area contributed by atoms with Gasteiger partial charge >= 0.3 is 0 Å². The summed E-state index contributed by atoms with van der Waals surface area (Å²) in [7, 11) is 4.02. The largest absolute Gasteiger partial charge is 0.378 e. The molecular weight excluding hydrogens is 470 g/mol. The zero-order valence-electron chi connectivity index (χ0n) is 22.4. The zero-order valence-corrected chi connectivity index (χ0v) is 22.4. The maximum atomic E-state index is 4.41. The van der Waals surface area contributed by atoms with E-state index in [1.807, 2.05) is 105 Å². The second-order valence-electron chi connectivity index (χ2n) is 9.27. The number of rotatable bonds is 10. The molecule has 0 amide bonds. The van der Waals surface area contributed by atoms with Crippen molar-refractivity contribution in [3.63, 3.8) is 0 Å². The fourth-order valence-corrected chi connectivity index (χ4v) is 3.67. The van der Waals surface area contributed by atoms with Gasteiger partial charge in [0.05, 0.1) is 34.1 Å². The summed E-state index contributed by atoms with van der Waals surface area (Å²) in [5, 5.41) is 26.1. The highest BCUT2D eigenvalue weighted by atomic mass is 15.1. The lowest BCUT2D eigenvalue weighted by atomic mass is 10.1. The molecule has 0 bridgehead atoms. The van der Waals surface area contributed by atoms with E-state index in [2.05, 4.69) is 49.7 Å². The minimum absolute atomic E-state index is 0.744. The van der Waals surface area contributed by atoms with E-state index in [-0.39, 0.29) is 0 Å². The Morgan fingerprint density at radius 3 is 1.50 bits per heavy atom. The summed E-state index contributed by atoms with van der Waals surface area (Å²) in [6, 6.07) is 29.5. The van der Waals surface area contributed by atoms with Crippen molar-refractivity contribution < 1.29 is 0 Å². The van der Waals surface area contributed by atoms with Gasteiger partial charge in [-0.25, -0.2) is 0 Å². The molecule has 0 N–H and O–H groups in total. The topological polar surface area (TPSA) is 77.4 Å². The van der Waals surface area contributed by atoms with Crippen LogP contribution in [0.25, 0.3) is 0 Å². The van der Waals surface area contributed by atoms with Gasteiger partial charge in [0.25, 0.3) is 0 Å². The number of benzene rings is 4. The quantitative estimate of drug-likeness (QED) is 0.198. The molecule has 0 unspecified atom stereocenters. The Balaban J connectivity index is 1.34.